The summed E-state index contributed by atoms with van der Waals surface area (Å²) in [6.45, 7) is 7.77. The Morgan fingerprint density at radius 3 is 2.46 bits per heavy atom. The molecule has 0 aliphatic carbocycles. The summed E-state index contributed by atoms with van der Waals surface area (Å²) in [7, 11) is 0. The maximum Gasteiger partial charge on any atom is 0.338 e. The number of carbonyl (C=O) groups excluding carboxylic acids is 3. The van der Waals surface area contributed by atoms with Gasteiger partial charge in [0.2, 0.25) is 5.91 Å². The van der Waals surface area contributed by atoms with E-state index in [-0.39, 0.29) is 18.1 Å². The zero-order chi connectivity index (χ0) is 18.3. The van der Waals surface area contributed by atoms with Crippen LogP contribution in [0.4, 0.5) is 0 Å². The molecule has 1 fully saturated rings. The van der Waals surface area contributed by atoms with E-state index in [1.54, 1.807) is 18.7 Å². The number of nitrogens with one attached hydrogen (secondary N) is 2. The number of amides is 2. The van der Waals surface area contributed by atoms with Crippen LogP contribution in [0, 0.1) is 0 Å². The van der Waals surface area contributed by atoms with Gasteiger partial charge in [-0.1, -0.05) is 6.92 Å². The third-order valence-corrected chi connectivity index (χ3v) is 4.50. The molecule has 2 N–H and O–H groups in total. The van der Waals surface area contributed by atoms with Gasteiger partial charge >= 0.3 is 5.97 Å². The zero-order valence-corrected chi connectivity index (χ0v) is 15.8. The Labute approximate surface area is 147 Å². The van der Waals surface area contributed by atoms with Crippen molar-refractivity contribution in [3.63, 3.8) is 0 Å². The molecule has 0 bridgehead atoms. The predicted molar refractivity (Wildman–Crippen MR) is 92.7 cm³/mol. The molecule has 0 aromatic heterocycles. The molecule has 0 aromatic rings. The van der Waals surface area contributed by atoms with Crippen LogP contribution in [0.3, 0.4) is 0 Å². The van der Waals surface area contributed by atoms with Gasteiger partial charge in [0, 0.05) is 5.54 Å². The number of rotatable bonds is 10. The van der Waals surface area contributed by atoms with E-state index in [2.05, 4.69) is 10.6 Å². The smallest absolute Gasteiger partial charge is 0.338 e. The van der Waals surface area contributed by atoms with Gasteiger partial charge in [-0.3, -0.25) is 9.59 Å². The van der Waals surface area contributed by atoms with Crippen LogP contribution >= 0.6 is 11.8 Å². The minimum Gasteiger partial charge on any atom is -0.464 e. The van der Waals surface area contributed by atoms with E-state index in [0.717, 1.165) is 12.2 Å². The van der Waals surface area contributed by atoms with Crippen LogP contribution in [0.25, 0.3) is 0 Å². The monoisotopic (exact) mass is 360 g/mol. The first kappa shape index (κ1) is 20.8. The van der Waals surface area contributed by atoms with E-state index in [1.165, 1.54) is 0 Å². The van der Waals surface area contributed by atoms with Gasteiger partial charge in [0.25, 0.3) is 5.91 Å². The van der Waals surface area contributed by atoms with Crippen molar-refractivity contribution in [2.75, 3.05) is 18.6 Å². The second-order valence-corrected chi connectivity index (χ2v) is 7.28. The first-order valence-electron chi connectivity index (χ1n) is 8.19. The average Bonchev–Trinajstić information content (AvgIpc) is 3.31. The molecular weight excluding hydrogens is 332 g/mol. The summed E-state index contributed by atoms with van der Waals surface area (Å²) in [5.41, 5.74) is -0.344. The molecule has 1 heterocycles. The molecule has 1 aliphatic heterocycles. The fourth-order valence-corrected chi connectivity index (χ4v) is 2.45. The number of hydrogen-bond acceptors (Lipinski definition) is 6. The summed E-state index contributed by atoms with van der Waals surface area (Å²) in [4.78, 5) is 36.2. The van der Waals surface area contributed by atoms with E-state index < -0.39 is 30.1 Å². The maximum atomic E-state index is 12.5. The molecular formula is C16H28N2O5S. The molecule has 1 rings (SSSR count). The van der Waals surface area contributed by atoms with Gasteiger partial charge in [0.1, 0.15) is 6.04 Å². The SMILES string of the molecule is CCOC(=O)[C@H]1O[C@@H]1C(=O)N[C@@H](CCSC)C(=O)NC(C)(C)CC. The summed E-state index contributed by atoms with van der Waals surface area (Å²) in [5.74, 6) is -0.492. The van der Waals surface area contributed by atoms with E-state index in [4.69, 9.17) is 9.47 Å². The summed E-state index contributed by atoms with van der Waals surface area (Å²) >= 11 is 1.60. The number of esters is 1. The molecule has 2 amide bonds. The third kappa shape index (κ3) is 6.32. The molecule has 24 heavy (non-hydrogen) atoms. The lowest BCUT2D eigenvalue weighted by Gasteiger charge is -2.28. The van der Waals surface area contributed by atoms with Crippen LogP contribution in [0.5, 0.6) is 0 Å². The summed E-state index contributed by atoms with van der Waals surface area (Å²) in [6.07, 6.45) is 1.50. The zero-order valence-electron chi connectivity index (χ0n) is 15.0. The summed E-state index contributed by atoms with van der Waals surface area (Å²) in [5, 5.41) is 5.63. The number of ether oxygens (including phenoxy) is 2. The topological polar surface area (TPSA) is 97.0 Å². The van der Waals surface area contributed by atoms with Crippen molar-refractivity contribution in [3.8, 4) is 0 Å². The van der Waals surface area contributed by atoms with Crippen LogP contribution in [0.2, 0.25) is 0 Å². The van der Waals surface area contributed by atoms with Gasteiger partial charge in [-0.2, -0.15) is 11.8 Å². The number of hydrogen-bond donors (Lipinski definition) is 2. The van der Waals surface area contributed by atoms with Crippen LogP contribution < -0.4 is 10.6 Å². The predicted octanol–water partition coefficient (Wildman–Crippen LogP) is 0.860. The van der Waals surface area contributed by atoms with Crippen molar-refractivity contribution < 1.29 is 23.9 Å². The lowest BCUT2D eigenvalue weighted by molar-refractivity contribution is -0.144. The van der Waals surface area contributed by atoms with Gasteiger partial charge in [-0.05, 0) is 45.6 Å². The van der Waals surface area contributed by atoms with Crippen LogP contribution in [-0.4, -0.2) is 60.2 Å². The van der Waals surface area contributed by atoms with Crippen LogP contribution in [-0.2, 0) is 23.9 Å². The highest BCUT2D eigenvalue weighted by Gasteiger charge is 2.52. The van der Waals surface area contributed by atoms with Crippen molar-refractivity contribution >= 4 is 29.5 Å². The standard InChI is InChI=1S/C16H28N2O5S/c1-6-16(3,4)18-13(19)10(8-9-24-5)17-14(20)11-12(23-11)15(21)22-7-2/h10-12H,6-9H2,1-5H3,(H,17,20)(H,18,19)/t10-,11-,12-/m0/s1. The van der Waals surface area contributed by atoms with E-state index in [1.807, 2.05) is 27.0 Å². The van der Waals surface area contributed by atoms with E-state index in [9.17, 15) is 14.4 Å². The Hall–Kier alpha value is -1.28. The van der Waals surface area contributed by atoms with E-state index in [0.29, 0.717) is 6.42 Å². The molecule has 8 heteroatoms. The van der Waals surface area contributed by atoms with Crippen molar-refractivity contribution in [3.05, 3.63) is 0 Å². The van der Waals surface area contributed by atoms with Crippen molar-refractivity contribution in [1.82, 2.24) is 10.6 Å². The molecule has 0 spiro atoms. The van der Waals surface area contributed by atoms with Gasteiger partial charge in [-0.25, -0.2) is 4.79 Å². The van der Waals surface area contributed by atoms with Crippen molar-refractivity contribution in [1.29, 1.82) is 0 Å². The first-order chi connectivity index (χ1) is 11.3. The normalized spacial score (nSPS) is 20.9. The van der Waals surface area contributed by atoms with E-state index >= 15 is 0 Å². The second kappa shape index (κ2) is 9.27. The fourth-order valence-electron chi connectivity index (χ4n) is 1.98. The van der Waals surface area contributed by atoms with Gasteiger partial charge in [0.05, 0.1) is 6.61 Å². The Kier molecular flexibility index (Phi) is 8.02. The molecule has 0 unspecified atom stereocenters. The number of epoxide rings is 1. The molecule has 0 aromatic carbocycles. The summed E-state index contributed by atoms with van der Waals surface area (Å²) < 4.78 is 9.89. The van der Waals surface area contributed by atoms with Crippen LogP contribution in [0.15, 0.2) is 0 Å². The highest BCUT2D eigenvalue weighted by Crippen LogP contribution is 2.24. The second-order valence-electron chi connectivity index (χ2n) is 6.30. The van der Waals surface area contributed by atoms with Crippen molar-refractivity contribution in [2.45, 2.75) is 64.3 Å². The Balaban J connectivity index is 2.61. The highest BCUT2D eigenvalue weighted by molar-refractivity contribution is 7.98. The quantitative estimate of drug-likeness (QED) is 0.443. The molecule has 3 atom stereocenters. The largest absolute Gasteiger partial charge is 0.464 e. The van der Waals surface area contributed by atoms with Gasteiger partial charge < -0.3 is 20.1 Å². The maximum absolute atomic E-state index is 12.5. The van der Waals surface area contributed by atoms with Gasteiger partial charge in [-0.15, -0.1) is 0 Å². The molecule has 7 nitrogen and oxygen atoms in total. The number of carbonyl (C=O) groups is 3. The lowest BCUT2D eigenvalue weighted by Crippen LogP contribution is -2.54. The Bertz CT molecular complexity index is 469. The molecule has 1 saturated heterocycles. The Morgan fingerprint density at radius 1 is 1.25 bits per heavy atom. The Morgan fingerprint density at radius 2 is 1.92 bits per heavy atom. The van der Waals surface area contributed by atoms with Crippen LogP contribution in [0.1, 0.15) is 40.5 Å². The number of thioether (sulfide) groups is 1. The molecule has 0 saturated carbocycles. The average molecular weight is 360 g/mol. The fraction of sp³-hybridized carbons (Fsp3) is 0.812. The van der Waals surface area contributed by atoms with Gasteiger partial charge in [0.15, 0.2) is 12.2 Å². The molecule has 138 valence electrons. The first-order valence-corrected chi connectivity index (χ1v) is 9.58. The van der Waals surface area contributed by atoms with Crippen molar-refractivity contribution in [2.24, 2.45) is 0 Å². The highest BCUT2D eigenvalue weighted by atomic mass is 32.2. The minimum atomic E-state index is -0.868. The summed E-state index contributed by atoms with van der Waals surface area (Å²) in [6, 6.07) is -0.650. The molecule has 0 radical (unpaired) electrons. The third-order valence-electron chi connectivity index (χ3n) is 3.86. The minimum absolute atomic E-state index is 0.224. The molecule has 1 aliphatic rings. The lowest BCUT2D eigenvalue weighted by atomic mass is 10.0.